The van der Waals surface area contributed by atoms with Crippen molar-refractivity contribution in [2.75, 3.05) is 31.2 Å². The van der Waals surface area contributed by atoms with E-state index in [-0.39, 0.29) is 32.7 Å². The third kappa shape index (κ3) is 6.11. The van der Waals surface area contributed by atoms with Gasteiger partial charge in [0.15, 0.2) is 11.5 Å². The van der Waals surface area contributed by atoms with Gasteiger partial charge in [-0.3, -0.25) is 4.79 Å². The molecule has 8 nitrogen and oxygen atoms in total. The number of hydrogen-bond acceptors (Lipinski definition) is 7. The molecule has 0 unspecified atom stereocenters. The van der Waals surface area contributed by atoms with Gasteiger partial charge < -0.3 is 18.9 Å². The molecule has 0 N–H and O–H groups in total. The lowest BCUT2D eigenvalue weighted by Crippen LogP contribution is -2.37. The lowest BCUT2D eigenvalue weighted by molar-refractivity contribution is 0.100. The summed E-state index contributed by atoms with van der Waals surface area (Å²) in [6, 6.07) is 13.4. The highest BCUT2D eigenvalue weighted by Gasteiger charge is 2.33. The number of nitrogens with zero attached hydrogens (tertiary/aromatic N) is 1. The minimum Gasteiger partial charge on any atom is -0.495 e. The lowest BCUT2D eigenvalue weighted by Gasteiger charge is -2.24. The van der Waals surface area contributed by atoms with Gasteiger partial charge in [-0.05, 0) is 70.2 Å². The summed E-state index contributed by atoms with van der Waals surface area (Å²) in [5, 5.41) is 0.147. The predicted molar refractivity (Wildman–Crippen MR) is 143 cm³/mol. The number of carbonyl (C=O) groups is 1. The molecule has 37 heavy (non-hydrogen) atoms. The fraction of sp³-hybridized carbons (Fsp3) is 0.296. The van der Waals surface area contributed by atoms with Gasteiger partial charge in [0.05, 0.1) is 42.5 Å². The maximum Gasteiger partial charge on any atom is 0.272 e. The number of benzene rings is 3. The number of amides is 1. The first-order valence-electron chi connectivity index (χ1n) is 11.7. The average molecular weight is 548 g/mol. The minimum atomic E-state index is -4.35. The molecule has 0 radical (unpaired) electrons. The van der Waals surface area contributed by atoms with Crippen molar-refractivity contribution in [3.8, 4) is 23.0 Å². The van der Waals surface area contributed by atoms with Gasteiger partial charge in [-0.25, -0.2) is 8.42 Å². The number of aryl methyl sites for hydroxylation is 1. The van der Waals surface area contributed by atoms with E-state index in [1.54, 1.807) is 26.0 Å². The first kappa shape index (κ1) is 28.1. The molecule has 3 aromatic rings. The van der Waals surface area contributed by atoms with Crippen LogP contribution in [0.2, 0.25) is 5.02 Å². The van der Waals surface area contributed by atoms with Crippen LogP contribution in [0.1, 0.15) is 36.7 Å². The second-order valence-corrected chi connectivity index (χ2v) is 10.0. The first-order chi connectivity index (χ1) is 17.7. The third-order valence-corrected chi connectivity index (χ3v) is 7.29. The molecular formula is C27H30ClNO7S. The fourth-order valence-electron chi connectivity index (χ4n) is 3.59. The van der Waals surface area contributed by atoms with Crippen LogP contribution in [-0.4, -0.2) is 41.3 Å². The number of anilines is 1. The van der Waals surface area contributed by atoms with Gasteiger partial charge in [0.2, 0.25) is 5.75 Å². The molecule has 3 aromatic carbocycles. The smallest absolute Gasteiger partial charge is 0.272 e. The Hall–Kier alpha value is -3.43. The van der Waals surface area contributed by atoms with E-state index in [2.05, 4.69) is 0 Å². The topological polar surface area (TPSA) is 91.4 Å². The highest BCUT2D eigenvalue weighted by Crippen LogP contribution is 2.40. The molecule has 1 amide bonds. The van der Waals surface area contributed by atoms with E-state index < -0.39 is 15.9 Å². The van der Waals surface area contributed by atoms with E-state index in [4.69, 9.17) is 30.5 Å². The van der Waals surface area contributed by atoms with Gasteiger partial charge in [-0.1, -0.05) is 29.3 Å². The summed E-state index contributed by atoms with van der Waals surface area (Å²) in [4.78, 5) is 13.9. The summed E-state index contributed by atoms with van der Waals surface area (Å²) >= 11 is 6.32. The Morgan fingerprint density at radius 3 is 1.89 bits per heavy atom. The molecule has 10 heteroatoms. The van der Waals surface area contributed by atoms with E-state index in [1.807, 2.05) is 13.8 Å². The monoisotopic (exact) mass is 547 g/mol. The predicted octanol–water partition coefficient (Wildman–Crippen LogP) is 5.89. The molecule has 3 rings (SSSR count). The van der Waals surface area contributed by atoms with Gasteiger partial charge in [-0.15, -0.1) is 0 Å². The van der Waals surface area contributed by atoms with Crippen molar-refractivity contribution in [2.45, 2.75) is 32.6 Å². The molecule has 0 saturated carbocycles. The van der Waals surface area contributed by atoms with Crippen LogP contribution in [0.15, 0.2) is 59.5 Å². The Morgan fingerprint density at radius 2 is 1.41 bits per heavy atom. The second kappa shape index (κ2) is 12.2. The van der Waals surface area contributed by atoms with Gasteiger partial charge in [0.25, 0.3) is 15.9 Å². The summed E-state index contributed by atoms with van der Waals surface area (Å²) in [5.41, 5.74) is 0.942. The fourth-order valence-corrected chi connectivity index (χ4v) is 5.25. The Kier molecular flexibility index (Phi) is 9.29. The van der Waals surface area contributed by atoms with Gasteiger partial charge in [0.1, 0.15) is 5.75 Å². The molecule has 0 aliphatic carbocycles. The van der Waals surface area contributed by atoms with E-state index in [1.165, 1.54) is 49.6 Å². The molecule has 0 saturated heterocycles. The molecular weight excluding hydrogens is 518 g/mol. The summed E-state index contributed by atoms with van der Waals surface area (Å²) in [7, 11) is -2.91. The molecule has 0 bridgehead atoms. The third-order valence-electron chi connectivity index (χ3n) is 5.27. The van der Waals surface area contributed by atoms with Crippen molar-refractivity contribution >= 4 is 33.2 Å². The van der Waals surface area contributed by atoms with E-state index in [0.717, 1.165) is 5.56 Å². The number of rotatable bonds is 11. The van der Waals surface area contributed by atoms with E-state index in [9.17, 15) is 13.2 Å². The number of ether oxygens (including phenoxy) is 4. The van der Waals surface area contributed by atoms with Crippen molar-refractivity contribution in [1.29, 1.82) is 0 Å². The summed E-state index contributed by atoms with van der Waals surface area (Å²) in [6.45, 7) is 8.16. The normalized spacial score (nSPS) is 11.1. The standard InChI is InChI=1S/C27H30ClNO7S/c1-6-34-24-15-19(16-25(35-7-2)26(24)36-8-3)27(30)29(20-11-14-23(33-5)22(28)17-20)37(31,32)21-12-9-18(4)10-13-21/h9-17H,6-8H2,1-5H3. The Labute approximate surface area is 222 Å². The highest BCUT2D eigenvalue weighted by atomic mass is 35.5. The van der Waals surface area contributed by atoms with Gasteiger partial charge in [0, 0.05) is 5.56 Å². The number of sulfonamides is 1. The molecule has 0 fully saturated rings. The van der Waals surface area contributed by atoms with Crippen molar-refractivity contribution in [2.24, 2.45) is 0 Å². The zero-order chi connectivity index (χ0) is 27.2. The minimum absolute atomic E-state index is 0.0259. The largest absolute Gasteiger partial charge is 0.495 e. The molecule has 0 aliphatic rings. The second-order valence-electron chi connectivity index (χ2n) is 7.81. The van der Waals surface area contributed by atoms with Gasteiger partial charge in [-0.2, -0.15) is 4.31 Å². The Morgan fingerprint density at radius 1 is 0.838 bits per heavy atom. The van der Waals surface area contributed by atoms with Crippen LogP contribution in [0.5, 0.6) is 23.0 Å². The molecule has 0 atom stereocenters. The van der Waals surface area contributed by atoms with Crippen molar-refractivity contribution in [1.82, 2.24) is 0 Å². The Balaban J connectivity index is 2.25. The SMILES string of the molecule is CCOc1cc(C(=O)N(c2ccc(OC)c(Cl)c2)S(=O)(=O)c2ccc(C)cc2)cc(OCC)c1OCC. The highest BCUT2D eigenvalue weighted by molar-refractivity contribution is 7.93. The summed E-state index contributed by atoms with van der Waals surface area (Å²) in [5.74, 6) is 0.372. The molecule has 0 heterocycles. The number of hydrogen-bond donors (Lipinski definition) is 0. The molecule has 0 aliphatic heterocycles. The number of carbonyl (C=O) groups excluding carboxylic acids is 1. The zero-order valence-electron chi connectivity index (χ0n) is 21.4. The maximum atomic E-state index is 14.0. The molecule has 198 valence electrons. The quantitative estimate of drug-likeness (QED) is 0.295. The first-order valence-corrected chi connectivity index (χ1v) is 13.6. The van der Waals surface area contributed by atoms with Crippen LogP contribution in [0.4, 0.5) is 5.69 Å². The summed E-state index contributed by atoms with van der Waals surface area (Å²) < 4.78 is 50.8. The van der Waals surface area contributed by atoms with Crippen LogP contribution in [0.25, 0.3) is 0 Å². The Bertz CT molecular complexity index is 1330. The van der Waals surface area contributed by atoms with Crippen LogP contribution in [-0.2, 0) is 10.0 Å². The average Bonchev–Trinajstić information content (AvgIpc) is 2.86. The van der Waals surface area contributed by atoms with Crippen LogP contribution < -0.4 is 23.3 Å². The van der Waals surface area contributed by atoms with Crippen LogP contribution in [0.3, 0.4) is 0 Å². The summed E-state index contributed by atoms with van der Waals surface area (Å²) in [6.07, 6.45) is 0. The van der Waals surface area contributed by atoms with E-state index >= 15 is 0 Å². The lowest BCUT2D eigenvalue weighted by atomic mass is 10.1. The van der Waals surface area contributed by atoms with Crippen molar-refractivity contribution in [3.05, 3.63) is 70.7 Å². The van der Waals surface area contributed by atoms with Crippen LogP contribution in [0, 0.1) is 6.92 Å². The van der Waals surface area contributed by atoms with Gasteiger partial charge >= 0.3 is 0 Å². The molecule has 0 spiro atoms. The van der Waals surface area contributed by atoms with Crippen LogP contribution >= 0.6 is 11.6 Å². The number of methoxy groups -OCH3 is 1. The van der Waals surface area contributed by atoms with E-state index in [0.29, 0.717) is 35.6 Å². The van der Waals surface area contributed by atoms with Crippen molar-refractivity contribution in [3.63, 3.8) is 0 Å². The molecule has 0 aromatic heterocycles. The van der Waals surface area contributed by atoms with Crippen molar-refractivity contribution < 1.29 is 32.2 Å². The number of halogens is 1. The zero-order valence-corrected chi connectivity index (χ0v) is 23.0. The maximum absolute atomic E-state index is 14.0.